The number of rotatable bonds is 6. The zero-order chi connectivity index (χ0) is 13.5. The highest BCUT2D eigenvalue weighted by Crippen LogP contribution is 2.13. The molecule has 1 fully saturated rings. The van der Waals surface area contributed by atoms with Crippen molar-refractivity contribution in [3.8, 4) is 0 Å². The van der Waals surface area contributed by atoms with Crippen LogP contribution < -0.4 is 0 Å². The van der Waals surface area contributed by atoms with Gasteiger partial charge in [0.05, 0.1) is 16.9 Å². The van der Waals surface area contributed by atoms with Crippen molar-refractivity contribution in [2.24, 2.45) is 0 Å². The number of hydrogen-bond donors (Lipinski definition) is 0. The maximum atomic E-state index is 12.1. The van der Waals surface area contributed by atoms with Gasteiger partial charge in [-0.15, -0.1) is 0 Å². The van der Waals surface area contributed by atoms with E-state index in [1.165, 1.54) is 12.8 Å². The molecule has 4 heteroatoms. The van der Waals surface area contributed by atoms with E-state index in [1.807, 2.05) is 30.3 Å². The number of ether oxygens (including phenoxy) is 1. The van der Waals surface area contributed by atoms with Crippen LogP contribution in [0.1, 0.15) is 19.3 Å². The Morgan fingerprint density at radius 1 is 1.32 bits per heavy atom. The van der Waals surface area contributed by atoms with Crippen LogP contribution in [-0.2, 0) is 15.5 Å². The van der Waals surface area contributed by atoms with E-state index in [9.17, 15) is 4.21 Å². The lowest BCUT2D eigenvalue weighted by Gasteiger charge is -2.27. The van der Waals surface area contributed by atoms with Gasteiger partial charge >= 0.3 is 0 Å². The molecule has 0 N–H and O–H groups in total. The Balaban J connectivity index is 1.71. The fourth-order valence-electron chi connectivity index (χ4n) is 2.32. The Labute approximate surface area is 118 Å². The van der Waals surface area contributed by atoms with Crippen LogP contribution in [-0.4, -0.2) is 47.7 Å². The summed E-state index contributed by atoms with van der Waals surface area (Å²) in [4.78, 5) is 3.15. The number of benzene rings is 1. The van der Waals surface area contributed by atoms with Gasteiger partial charge in [-0.05, 0) is 38.4 Å². The summed E-state index contributed by atoms with van der Waals surface area (Å²) in [6, 6.07) is 9.69. The highest BCUT2D eigenvalue weighted by molar-refractivity contribution is 7.85. The molecule has 1 aromatic carbocycles. The summed E-state index contributed by atoms with van der Waals surface area (Å²) in [5.74, 6) is 0.688. The van der Waals surface area contributed by atoms with Gasteiger partial charge in [-0.2, -0.15) is 0 Å². The van der Waals surface area contributed by atoms with Crippen molar-refractivity contribution in [2.45, 2.75) is 30.3 Å². The predicted molar refractivity (Wildman–Crippen MR) is 78.8 cm³/mol. The lowest BCUT2D eigenvalue weighted by molar-refractivity contribution is -0.000543. The van der Waals surface area contributed by atoms with Crippen molar-refractivity contribution >= 4 is 10.8 Å². The van der Waals surface area contributed by atoms with Gasteiger partial charge in [0.2, 0.25) is 0 Å². The fraction of sp³-hybridized carbons (Fsp3) is 0.600. The molecule has 0 aliphatic carbocycles. The van der Waals surface area contributed by atoms with Gasteiger partial charge in [-0.3, -0.25) is 4.21 Å². The molecule has 1 aliphatic heterocycles. The molecule has 0 bridgehead atoms. The SMILES string of the molecule is CN(CC[S@](=O)c1ccccc1)C[C@@H]1CCCCO1. The van der Waals surface area contributed by atoms with E-state index in [4.69, 9.17) is 4.74 Å². The number of nitrogens with zero attached hydrogens (tertiary/aromatic N) is 1. The van der Waals surface area contributed by atoms with Gasteiger partial charge in [-0.1, -0.05) is 18.2 Å². The van der Waals surface area contributed by atoms with Crippen molar-refractivity contribution in [3.63, 3.8) is 0 Å². The molecule has 1 heterocycles. The molecule has 0 saturated carbocycles. The molecule has 0 radical (unpaired) electrons. The van der Waals surface area contributed by atoms with Crippen LogP contribution >= 0.6 is 0 Å². The van der Waals surface area contributed by atoms with E-state index >= 15 is 0 Å². The Bertz CT molecular complexity index is 390. The third-order valence-electron chi connectivity index (χ3n) is 3.45. The van der Waals surface area contributed by atoms with Crippen LogP contribution in [0.4, 0.5) is 0 Å². The van der Waals surface area contributed by atoms with E-state index in [1.54, 1.807) is 0 Å². The second-order valence-corrected chi connectivity index (χ2v) is 6.68. The van der Waals surface area contributed by atoms with E-state index < -0.39 is 10.8 Å². The molecular weight excluding hydrogens is 258 g/mol. The highest BCUT2D eigenvalue weighted by Gasteiger charge is 2.16. The van der Waals surface area contributed by atoms with E-state index in [0.717, 1.165) is 31.0 Å². The topological polar surface area (TPSA) is 29.5 Å². The Morgan fingerprint density at radius 3 is 2.79 bits per heavy atom. The normalized spacial score (nSPS) is 21.5. The zero-order valence-electron chi connectivity index (χ0n) is 11.6. The molecule has 2 rings (SSSR count). The molecule has 19 heavy (non-hydrogen) atoms. The van der Waals surface area contributed by atoms with Gasteiger partial charge in [0.1, 0.15) is 0 Å². The molecule has 0 spiro atoms. The first-order chi connectivity index (χ1) is 9.25. The summed E-state index contributed by atoms with van der Waals surface area (Å²) in [6.45, 7) is 2.70. The average Bonchev–Trinajstić information content (AvgIpc) is 2.47. The van der Waals surface area contributed by atoms with Gasteiger partial charge < -0.3 is 9.64 Å². The third kappa shape index (κ3) is 5.05. The molecule has 3 nitrogen and oxygen atoms in total. The molecule has 106 valence electrons. The van der Waals surface area contributed by atoms with E-state index in [-0.39, 0.29) is 0 Å². The van der Waals surface area contributed by atoms with Gasteiger partial charge in [-0.25, -0.2) is 0 Å². The van der Waals surface area contributed by atoms with Crippen LogP contribution in [0, 0.1) is 0 Å². The minimum absolute atomic E-state index is 0.365. The van der Waals surface area contributed by atoms with Crippen molar-refractivity contribution in [1.82, 2.24) is 4.90 Å². The zero-order valence-corrected chi connectivity index (χ0v) is 12.4. The van der Waals surface area contributed by atoms with E-state index in [2.05, 4.69) is 11.9 Å². The molecule has 0 unspecified atom stereocenters. The van der Waals surface area contributed by atoms with Crippen LogP contribution in [0.15, 0.2) is 35.2 Å². The monoisotopic (exact) mass is 281 g/mol. The van der Waals surface area contributed by atoms with Crippen LogP contribution in [0.25, 0.3) is 0 Å². The van der Waals surface area contributed by atoms with Gasteiger partial charge in [0.25, 0.3) is 0 Å². The Kier molecular flexibility index (Phi) is 6.01. The quantitative estimate of drug-likeness (QED) is 0.801. The Hall–Kier alpha value is -0.710. The average molecular weight is 281 g/mol. The summed E-state index contributed by atoms with van der Waals surface area (Å²) in [5, 5.41) is 0. The summed E-state index contributed by atoms with van der Waals surface area (Å²) in [5.41, 5.74) is 0. The van der Waals surface area contributed by atoms with Crippen molar-refractivity contribution in [2.75, 3.05) is 32.5 Å². The maximum absolute atomic E-state index is 12.1. The molecule has 1 saturated heterocycles. The predicted octanol–water partition coefficient (Wildman–Crippen LogP) is 2.30. The molecule has 1 aromatic rings. The van der Waals surface area contributed by atoms with Crippen molar-refractivity contribution < 1.29 is 8.95 Å². The molecule has 2 atom stereocenters. The second-order valence-electron chi connectivity index (χ2n) is 5.11. The van der Waals surface area contributed by atoms with Crippen LogP contribution in [0.3, 0.4) is 0 Å². The molecular formula is C15H23NO2S. The minimum Gasteiger partial charge on any atom is -0.377 e. The maximum Gasteiger partial charge on any atom is 0.0701 e. The first-order valence-corrected chi connectivity index (χ1v) is 8.31. The fourth-order valence-corrected chi connectivity index (χ4v) is 3.49. The second kappa shape index (κ2) is 7.78. The molecule has 0 amide bonds. The summed E-state index contributed by atoms with van der Waals surface area (Å²) in [6.07, 6.45) is 3.99. The highest BCUT2D eigenvalue weighted by atomic mass is 32.2. The van der Waals surface area contributed by atoms with E-state index in [0.29, 0.717) is 11.9 Å². The first-order valence-electron chi connectivity index (χ1n) is 6.99. The Morgan fingerprint density at radius 2 is 2.11 bits per heavy atom. The molecule has 0 aromatic heterocycles. The van der Waals surface area contributed by atoms with Crippen LogP contribution in [0.5, 0.6) is 0 Å². The first kappa shape index (κ1) is 14.7. The smallest absolute Gasteiger partial charge is 0.0701 e. The summed E-state index contributed by atoms with van der Waals surface area (Å²) >= 11 is 0. The van der Waals surface area contributed by atoms with Gasteiger partial charge in [0, 0.05) is 30.3 Å². The minimum atomic E-state index is -0.893. The van der Waals surface area contributed by atoms with Gasteiger partial charge in [0.15, 0.2) is 0 Å². The van der Waals surface area contributed by atoms with Crippen molar-refractivity contribution in [3.05, 3.63) is 30.3 Å². The largest absolute Gasteiger partial charge is 0.377 e. The summed E-state index contributed by atoms with van der Waals surface area (Å²) < 4.78 is 17.8. The van der Waals surface area contributed by atoms with Crippen molar-refractivity contribution in [1.29, 1.82) is 0 Å². The lowest BCUT2D eigenvalue weighted by Crippen LogP contribution is -2.35. The third-order valence-corrected chi connectivity index (χ3v) is 4.81. The number of hydrogen-bond acceptors (Lipinski definition) is 3. The standard InChI is InChI=1S/C15H23NO2S/c1-16(13-14-7-5-6-11-18-14)10-12-19(17)15-8-3-2-4-9-15/h2-4,8-9,14H,5-7,10-13H2,1H3/t14-,19-/m0/s1. The van der Waals surface area contributed by atoms with Crippen LogP contribution in [0.2, 0.25) is 0 Å². The summed E-state index contributed by atoms with van der Waals surface area (Å²) in [7, 11) is 1.19. The molecule has 1 aliphatic rings. The number of likely N-dealkylation sites (N-methyl/N-ethyl adjacent to an activating group) is 1. The lowest BCUT2D eigenvalue weighted by atomic mass is 10.1.